The Kier molecular flexibility index (Phi) is 2.58. The van der Waals surface area contributed by atoms with Gasteiger partial charge in [-0.05, 0) is 31.0 Å². The summed E-state index contributed by atoms with van der Waals surface area (Å²) in [5, 5.41) is 0. The smallest absolute Gasteiger partial charge is 0.191 e. The summed E-state index contributed by atoms with van der Waals surface area (Å²) in [6.07, 6.45) is 3.73. The third-order valence-electron chi connectivity index (χ3n) is 2.88. The summed E-state index contributed by atoms with van der Waals surface area (Å²) in [5.74, 6) is 0.644. The minimum Gasteiger partial charge on any atom is -0.370 e. The van der Waals surface area contributed by atoms with Crippen LogP contribution in [0.25, 0.3) is 0 Å². The predicted octanol–water partition coefficient (Wildman–Crippen LogP) is 1.08. The summed E-state index contributed by atoms with van der Waals surface area (Å²) in [4.78, 5) is 10.6. The van der Waals surface area contributed by atoms with Crippen molar-refractivity contribution in [2.75, 3.05) is 13.1 Å². The second-order valence-corrected chi connectivity index (χ2v) is 3.73. The summed E-state index contributed by atoms with van der Waals surface area (Å²) in [6.45, 7) is 5.81. The molecule has 0 saturated heterocycles. The third-order valence-corrected chi connectivity index (χ3v) is 2.88. The number of likely N-dealkylation sites (N-methyl/N-ethyl adjacent to an activating group) is 1. The van der Waals surface area contributed by atoms with Crippen molar-refractivity contribution in [1.29, 1.82) is 0 Å². The summed E-state index contributed by atoms with van der Waals surface area (Å²) in [5.41, 5.74) is 8.30. The Labute approximate surface area is 89.8 Å². The third kappa shape index (κ3) is 1.67. The van der Waals surface area contributed by atoms with Gasteiger partial charge in [-0.1, -0.05) is 0 Å². The molecule has 1 aromatic rings. The Balaban J connectivity index is 2.30. The van der Waals surface area contributed by atoms with E-state index in [0.717, 1.165) is 13.1 Å². The van der Waals surface area contributed by atoms with Crippen LogP contribution in [0.3, 0.4) is 0 Å². The number of hydrogen-bond donors (Lipinski definition) is 1. The highest BCUT2D eigenvalue weighted by molar-refractivity contribution is 5.80. The van der Waals surface area contributed by atoms with E-state index in [1.165, 1.54) is 11.1 Å². The lowest BCUT2D eigenvalue weighted by atomic mass is 10.0. The molecule has 0 spiro atoms. The Hall–Kier alpha value is -1.58. The van der Waals surface area contributed by atoms with E-state index in [9.17, 15) is 0 Å². The lowest BCUT2D eigenvalue weighted by molar-refractivity contribution is 0.362. The zero-order chi connectivity index (χ0) is 10.8. The van der Waals surface area contributed by atoms with Gasteiger partial charge in [-0.2, -0.15) is 0 Å². The van der Waals surface area contributed by atoms with Crippen LogP contribution in [0.4, 0.5) is 0 Å². The lowest BCUT2D eigenvalue weighted by Crippen LogP contribution is -2.36. The zero-order valence-electron chi connectivity index (χ0n) is 9.14. The standard InChI is InChI=1S/C11H16N4/c1-3-15-10(7-14-11(15)12)9-6-13-5-4-8(9)2/h4-6,10H,3,7H2,1-2H3,(H2,12,14). The van der Waals surface area contributed by atoms with Crippen molar-refractivity contribution in [1.82, 2.24) is 9.88 Å². The maximum absolute atomic E-state index is 5.82. The maximum atomic E-state index is 5.82. The number of aromatic nitrogens is 1. The van der Waals surface area contributed by atoms with Crippen LogP contribution in [0.5, 0.6) is 0 Å². The minimum absolute atomic E-state index is 0.267. The fourth-order valence-corrected chi connectivity index (χ4v) is 2.00. The van der Waals surface area contributed by atoms with E-state index in [2.05, 4.69) is 28.7 Å². The quantitative estimate of drug-likeness (QED) is 0.784. The number of aryl methyl sites for hydroxylation is 1. The number of hydrogen-bond acceptors (Lipinski definition) is 4. The first-order chi connectivity index (χ1) is 7.24. The molecule has 15 heavy (non-hydrogen) atoms. The van der Waals surface area contributed by atoms with Crippen LogP contribution in [0.15, 0.2) is 23.5 Å². The average Bonchev–Trinajstić information content (AvgIpc) is 2.60. The largest absolute Gasteiger partial charge is 0.370 e. The Bertz CT molecular complexity index is 386. The number of guanidine groups is 1. The topological polar surface area (TPSA) is 54.5 Å². The summed E-state index contributed by atoms with van der Waals surface area (Å²) >= 11 is 0. The molecule has 2 N–H and O–H groups in total. The molecule has 0 fully saturated rings. The van der Waals surface area contributed by atoms with E-state index in [4.69, 9.17) is 5.73 Å². The highest BCUT2D eigenvalue weighted by atomic mass is 15.3. The van der Waals surface area contributed by atoms with E-state index in [0.29, 0.717) is 5.96 Å². The van der Waals surface area contributed by atoms with Crippen molar-refractivity contribution in [3.63, 3.8) is 0 Å². The molecule has 0 bridgehead atoms. The van der Waals surface area contributed by atoms with E-state index in [1.54, 1.807) is 0 Å². The molecule has 1 aliphatic rings. The number of aliphatic imine (C=N–C) groups is 1. The molecule has 1 aliphatic heterocycles. The van der Waals surface area contributed by atoms with Crippen LogP contribution in [0.2, 0.25) is 0 Å². The Morgan fingerprint density at radius 3 is 3.07 bits per heavy atom. The number of rotatable bonds is 2. The molecule has 80 valence electrons. The normalized spacial score (nSPS) is 20.5. The SMILES string of the molecule is CCN1C(N)=NCC1c1cnccc1C. The fraction of sp³-hybridized carbons (Fsp3) is 0.455. The number of nitrogens with zero attached hydrogens (tertiary/aromatic N) is 3. The van der Waals surface area contributed by atoms with Crippen molar-refractivity contribution in [3.8, 4) is 0 Å². The maximum Gasteiger partial charge on any atom is 0.191 e. The first kappa shape index (κ1) is 9.96. The molecule has 1 atom stereocenters. The highest BCUT2D eigenvalue weighted by Gasteiger charge is 2.26. The predicted molar refractivity (Wildman–Crippen MR) is 60.6 cm³/mol. The molecule has 0 saturated carbocycles. The van der Waals surface area contributed by atoms with Gasteiger partial charge in [0, 0.05) is 18.9 Å². The zero-order valence-corrected chi connectivity index (χ0v) is 9.14. The van der Waals surface area contributed by atoms with Gasteiger partial charge in [0.1, 0.15) is 0 Å². The molecular formula is C11H16N4. The molecular weight excluding hydrogens is 188 g/mol. The van der Waals surface area contributed by atoms with Crippen LogP contribution < -0.4 is 5.73 Å². The molecule has 0 radical (unpaired) electrons. The van der Waals surface area contributed by atoms with Crippen molar-refractivity contribution in [2.24, 2.45) is 10.7 Å². The Morgan fingerprint density at radius 2 is 2.40 bits per heavy atom. The molecule has 4 heteroatoms. The van der Waals surface area contributed by atoms with Gasteiger partial charge in [0.05, 0.1) is 12.6 Å². The van der Waals surface area contributed by atoms with Gasteiger partial charge < -0.3 is 10.6 Å². The molecule has 0 aromatic carbocycles. The molecule has 0 amide bonds. The molecule has 2 heterocycles. The van der Waals surface area contributed by atoms with Gasteiger partial charge in [0.2, 0.25) is 0 Å². The average molecular weight is 204 g/mol. The second kappa shape index (κ2) is 3.88. The van der Waals surface area contributed by atoms with Crippen molar-refractivity contribution < 1.29 is 0 Å². The summed E-state index contributed by atoms with van der Waals surface area (Å²) in [6, 6.07) is 2.29. The molecule has 4 nitrogen and oxygen atoms in total. The van der Waals surface area contributed by atoms with Crippen LogP contribution in [0.1, 0.15) is 24.1 Å². The van der Waals surface area contributed by atoms with Gasteiger partial charge in [0.25, 0.3) is 0 Å². The van der Waals surface area contributed by atoms with Crippen LogP contribution >= 0.6 is 0 Å². The minimum atomic E-state index is 0.267. The second-order valence-electron chi connectivity index (χ2n) is 3.73. The number of nitrogens with two attached hydrogens (primary N) is 1. The Morgan fingerprint density at radius 1 is 1.60 bits per heavy atom. The van der Waals surface area contributed by atoms with E-state index in [-0.39, 0.29) is 6.04 Å². The van der Waals surface area contributed by atoms with E-state index in [1.807, 2.05) is 18.5 Å². The first-order valence-corrected chi connectivity index (χ1v) is 5.21. The van der Waals surface area contributed by atoms with Gasteiger partial charge in [-0.15, -0.1) is 0 Å². The lowest BCUT2D eigenvalue weighted by Gasteiger charge is -2.25. The molecule has 1 unspecified atom stereocenters. The van der Waals surface area contributed by atoms with Crippen LogP contribution in [0, 0.1) is 6.92 Å². The van der Waals surface area contributed by atoms with E-state index < -0.39 is 0 Å². The highest BCUT2D eigenvalue weighted by Crippen LogP contribution is 2.26. The van der Waals surface area contributed by atoms with Crippen LogP contribution in [-0.2, 0) is 0 Å². The fourth-order valence-electron chi connectivity index (χ4n) is 2.00. The molecule has 2 rings (SSSR count). The van der Waals surface area contributed by atoms with Crippen LogP contribution in [-0.4, -0.2) is 28.9 Å². The summed E-state index contributed by atoms with van der Waals surface area (Å²) in [7, 11) is 0. The van der Waals surface area contributed by atoms with Crippen molar-refractivity contribution in [2.45, 2.75) is 19.9 Å². The summed E-state index contributed by atoms with van der Waals surface area (Å²) < 4.78 is 0. The van der Waals surface area contributed by atoms with Crippen molar-refractivity contribution in [3.05, 3.63) is 29.6 Å². The molecule has 0 aliphatic carbocycles. The van der Waals surface area contributed by atoms with Gasteiger partial charge in [-0.25, -0.2) is 0 Å². The van der Waals surface area contributed by atoms with E-state index >= 15 is 0 Å². The van der Waals surface area contributed by atoms with Crippen molar-refractivity contribution >= 4 is 5.96 Å². The molecule has 1 aromatic heterocycles. The monoisotopic (exact) mass is 204 g/mol. The van der Waals surface area contributed by atoms with Gasteiger partial charge in [-0.3, -0.25) is 9.98 Å². The van der Waals surface area contributed by atoms with Gasteiger partial charge >= 0.3 is 0 Å². The first-order valence-electron chi connectivity index (χ1n) is 5.21. The number of pyridine rings is 1. The van der Waals surface area contributed by atoms with Gasteiger partial charge in [0.15, 0.2) is 5.96 Å².